The second-order valence-electron chi connectivity index (χ2n) is 7.14. The van der Waals surface area contributed by atoms with Gasteiger partial charge >= 0.3 is 0 Å². The molecule has 1 aromatic carbocycles. The minimum absolute atomic E-state index is 0.0217. The summed E-state index contributed by atoms with van der Waals surface area (Å²) in [5.41, 5.74) is 1.75. The van der Waals surface area contributed by atoms with E-state index in [1.807, 2.05) is 60.4 Å². The normalized spacial score (nSPS) is 23.3. The second kappa shape index (κ2) is 7.71. The highest BCUT2D eigenvalue weighted by atomic mass is 35.5. The van der Waals surface area contributed by atoms with Gasteiger partial charge in [0.1, 0.15) is 23.6 Å². The Labute approximate surface area is 183 Å². The molecule has 2 aromatic heterocycles. The molecular weight excluding hydrogens is 425 g/mol. The molecule has 4 nitrogen and oxygen atoms in total. The van der Waals surface area contributed by atoms with E-state index in [1.165, 1.54) is 0 Å². The molecule has 29 heavy (non-hydrogen) atoms. The van der Waals surface area contributed by atoms with Gasteiger partial charge in [0.05, 0.1) is 15.7 Å². The number of nitrogens with zero attached hydrogens (tertiary/aromatic N) is 3. The lowest BCUT2D eigenvalue weighted by atomic mass is 10.0. The van der Waals surface area contributed by atoms with Gasteiger partial charge in [-0.25, -0.2) is 4.99 Å². The summed E-state index contributed by atoms with van der Waals surface area (Å²) in [5.74, 6) is 2.63. The number of benzene rings is 1. The maximum Gasteiger partial charge on any atom is 0.161 e. The van der Waals surface area contributed by atoms with Gasteiger partial charge < -0.3 is 9.32 Å². The number of aliphatic imine (C=N–C) groups is 1. The van der Waals surface area contributed by atoms with E-state index in [2.05, 4.69) is 16.8 Å². The van der Waals surface area contributed by atoms with Crippen LogP contribution in [0, 0.1) is 0 Å². The highest BCUT2D eigenvalue weighted by molar-refractivity contribution is 8.14. The van der Waals surface area contributed by atoms with Crippen molar-refractivity contribution in [2.45, 2.75) is 31.5 Å². The van der Waals surface area contributed by atoms with Gasteiger partial charge in [0, 0.05) is 23.6 Å². The van der Waals surface area contributed by atoms with Crippen LogP contribution in [0.5, 0.6) is 0 Å². The molecule has 1 saturated heterocycles. The minimum Gasteiger partial charge on any atom is -0.459 e. The van der Waals surface area contributed by atoms with Gasteiger partial charge in [-0.2, -0.15) is 0 Å². The lowest BCUT2D eigenvalue weighted by molar-refractivity contribution is 0.226. The first kappa shape index (κ1) is 19.0. The lowest BCUT2D eigenvalue weighted by Gasteiger charge is -2.30. The number of hydrogen-bond donors (Lipinski definition) is 0. The summed E-state index contributed by atoms with van der Waals surface area (Å²) in [6, 6.07) is 15.9. The van der Waals surface area contributed by atoms with Crippen molar-refractivity contribution < 1.29 is 4.42 Å². The molecule has 0 amide bonds. The number of furan rings is 1. The quantitative estimate of drug-likeness (QED) is 0.453. The number of pyridine rings is 1. The first-order valence-corrected chi connectivity index (χ1v) is 11.4. The first-order chi connectivity index (χ1) is 14.2. The van der Waals surface area contributed by atoms with Gasteiger partial charge in [-0.3, -0.25) is 4.98 Å². The fraction of sp³-hybridized carbons (Fsp3) is 0.273. The van der Waals surface area contributed by atoms with E-state index >= 15 is 0 Å². The van der Waals surface area contributed by atoms with Gasteiger partial charge in [0.2, 0.25) is 0 Å². The van der Waals surface area contributed by atoms with E-state index in [9.17, 15) is 0 Å². The van der Waals surface area contributed by atoms with E-state index < -0.39 is 0 Å². The van der Waals surface area contributed by atoms with Crippen LogP contribution in [0.3, 0.4) is 0 Å². The van der Waals surface area contributed by atoms with Crippen LogP contribution in [-0.4, -0.2) is 26.8 Å². The lowest BCUT2D eigenvalue weighted by Crippen LogP contribution is -2.35. The van der Waals surface area contributed by atoms with Crippen LogP contribution in [0.1, 0.15) is 36.9 Å². The van der Waals surface area contributed by atoms with Crippen LogP contribution in [0.2, 0.25) is 10.0 Å². The summed E-state index contributed by atoms with van der Waals surface area (Å²) in [6.45, 7) is 2.22. The zero-order valence-corrected chi connectivity index (χ0v) is 18.1. The number of fused-ring (bicyclic) bond motifs is 1. The molecule has 1 fully saturated rings. The van der Waals surface area contributed by atoms with Crippen LogP contribution in [-0.2, 0) is 0 Å². The fourth-order valence-electron chi connectivity index (χ4n) is 4.01. The molecule has 4 heterocycles. The van der Waals surface area contributed by atoms with Crippen molar-refractivity contribution in [2.75, 3.05) is 5.75 Å². The van der Waals surface area contributed by atoms with Crippen LogP contribution in [0.15, 0.2) is 64.1 Å². The average Bonchev–Trinajstić information content (AvgIpc) is 3.45. The summed E-state index contributed by atoms with van der Waals surface area (Å²) in [6.07, 6.45) is 2.88. The molecule has 0 radical (unpaired) electrons. The van der Waals surface area contributed by atoms with Crippen molar-refractivity contribution in [3.8, 4) is 11.3 Å². The number of rotatable bonds is 4. The van der Waals surface area contributed by atoms with Crippen molar-refractivity contribution in [3.05, 3.63) is 76.2 Å². The van der Waals surface area contributed by atoms with Crippen molar-refractivity contribution in [1.29, 1.82) is 0 Å². The molecule has 5 rings (SSSR count). The van der Waals surface area contributed by atoms with E-state index in [1.54, 1.807) is 6.07 Å². The number of hydrogen-bond acceptors (Lipinski definition) is 5. The van der Waals surface area contributed by atoms with Crippen molar-refractivity contribution in [2.24, 2.45) is 4.99 Å². The Morgan fingerprint density at radius 3 is 2.83 bits per heavy atom. The monoisotopic (exact) mass is 443 g/mol. The molecular formula is C22H19Cl2N3OS. The molecule has 3 atom stereocenters. The van der Waals surface area contributed by atoms with Crippen LogP contribution >= 0.6 is 35.0 Å². The Kier molecular flexibility index (Phi) is 5.06. The Bertz CT molecular complexity index is 1070. The molecule has 148 valence electrons. The largest absolute Gasteiger partial charge is 0.459 e. The molecule has 2 aliphatic rings. The van der Waals surface area contributed by atoms with Gasteiger partial charge in [-0.05, 0) is 42.8 Å². The number of aromatic nitrogens is 1. The smallest absolute Gasteiger partial charge is 0.161 e. The van der Waals surface area contributed by atoms with E-state index in [4.69, 9.17) is 32.6 Å². The van der Waals surface area contributed by atoms with Crippen LogP contribution < -0.4 is 0 Å². The number of halogens is 2. The van der Waals surface area contributed by atoms with Gasteiger partial charge in [0.25, 0.3) is 0 Å². The summed E-state index contributed by atoms with van der Waals surface area (Å²) in [4.78, 5) is 12.0. The molecule has 0 bridgehead atoms. The SMILES string of the molecule is CC[C@@H]1CSC2=N[C@@H](c3ccccn3)[C@@H](c3ccc(-c4cccc(Cl)c4Cl)o3)N21. The van der Waals surface area contributed by atoms with E-state index in [0.29, 0.717) is 21.8 Å². The number of amidine groups is 1. The Balaban J connectivity index is 1.57. The van der Waals surface area contributed by atoms with Crippen molar-refractivity contribution in [3.63, 3.8) is 0 Å². The highest BCUT2D eigenvalue weighted by Gasteiger charge is 2.46. The fourth-order valence-corrected chi connectivity index (χ4v) is 5.74. The summed E-state index contributed by atoms with van der Waals surface area (Å²) in [7, 11) is 0. The summed E-state index contributed by atoms with van der Waals surface area (Å²) < 4.78 is 6.35. The molecule has 3 aromatic rings. The molecule has 7 heteroatoms. The minimum atomic E-state index is -0.0955. The van der Waals surface area contributed by atoms with Crippen LogP contribution in [0.25, 0.3) is 11.3 Å². The average molecular weight is 444 g/mol. The van der Waals surface area contributed by atoms with Crippen molar-refractivity contribution >= 4 is 40.1 Å². The summed E-state index contributed by atoms with van der Waals surface area (Å²) >= 11 is 14.4. The summed E-state index contributed by atoms with van der Waals surface area (Å²) in [5, 5.41) is 2.10. The topological polar surface area (TPSA) is 41.6 Å². The molecule has 2 aliphatic heterocycles. The Morgan fingerprint density at radius 1 is 1.14 bits per heavy atom. The van der Waals surface area contributed by atoms with Crippen LogP contribution in [0.4, 0.5) is 0 Å². The third-order valence-electron chi connectivity index (χ3n) is 5.46. The molecule has 0 aliphatic carbocycles. The predicted molar refractivity (Wildman–Crippen MR) is 120 cm³/mol. The van der Waals surface area contributed by atoms with Gasteiger partial charge in [-0.1, -0.05) is 54.0 Å². The predicted octanol–water partition coefficient (Wildman–Crippen LogP) is 6.63. The van der Waals surface area contributed by atoms with Gasteiger partial charge in [0.15, 0.2) is 5.17 Å². The third kappa shape index (κ3) is 3.25. The maximum atomic E-state index is 6.42. The van der Waals surface area contributed by atoms with Gasteiger partial charge in [-0.15, -0.1) is 0 Å². The molecule has 0 saturated carbocycles. The van der Waals surface area contributed by atoms with E-state index in [-0.39, 0.29) is 12.1 Å². The van der Waals surface area contributed by atoms with Crippen molar-refractivity contribution in [1.82, 2.24) is 9.88 Å². The molecule has 0 unspecified atom stereocenters. The molecule has 0 spiro atoms. The zero-order valence-electron chi connectivity index (χ0n) is 15.8. The van der Waals surface area contributed by atoms with E-state index in [0.717, 1.165) is 34.4 Å². The molecule has 0 N–H and O–H groups in total. The zero-order chi connectivity index (χ0) is 20.0. The Hall–Kier alpha value is -1.95. The third-order valence-corrected chi connectivity index (χ3v) is 7.41. The standard InChI is InChI=1S/C22H19Cl2N3OS/c1-2-13-12-29-22-26-20(16-8-3-4-11-25-16)21(27(13)22)18-10-9-17(28-18)14-6-5-7-15(23)19(14)24/h3-11,13,20-21H,2,12H2,1H3/t13-,20+,21-/m1/s1. The Morgan fingerprint density at radius 2 is 2.03 bits per heavy atom. The maximum absolute atomic E-state index is 6.42. The first-order valence-electron chi connectivity index (χ1n) is 9.61. The highest BCUT2D eigenvalue weighted by Crippen LogP contribution is 2.49. The number of thioether (sulfide) groups is 1. The second-order valence-corrected chi connectivity index (χ2v) is 8.91.